The highest BCUT2D eigenvalue weighted by molar-refractivity contribution is 9.10. The molecule has 0 radical (unpaired) electrons. The quantitative estimate of drug-likeness (QED) is 0.890. The van der Waals surface area contributed by atoms with Gasteiger partial charge in [0.25, 0.3) is 5.91 Å². The summed E-state index contributed by atoms with van der Waals surface area (Å²) in [5, 5.41) is 2.97. The molecule has 0 aliphatic carbocycles. The van der Waals surface area contributed by atoms with Crippen molar-refractivity contribution >= 4 is 21.8 Å². The minimum atomic E-state index is -0.168. The van der Waals surface area contributed by atoms with Crippen LogP contribution in [0.15, 0.2) is 41.1 Å². The largest absolute Gasteiger partial charge is 0.490 e. The highest BCUT2D eigenvalue weighted by Crippen LogP contribution is 2.32. The number of fused-ring (bicyclic) bond motifs is 1. The molecule has 3 rings (SSSR count). The average molecular weight is 377 g/mol. The number of pyridine rings is 1. The Labute approximate surface area is 143 Å². The molecule has 0 saturated heterocycles. The Hall–Kier alpha value is -2.08. The zero-order valence-corrected chi connectivity index (χ0v) is 14.3. The molecule has 1 atom stereocenters. The average Bonchev–Trinajstić information content (AvgIpc) is 2.79. The van der Waals surface area contributed by atoms with E-state index in [0.717, 1.165) is 28.0 Å². The number of hydrogen-bond acceptors (Lipinski definition) is 4. The van der Waals surface area contributed by atoms with Gasteiger partial charge >= 0.3 is 0 Å². The first-order valence-electron chi connectivity index (χ1n) is 7.44. The summed E-state index contributed by atoms with van der Waals surface area (Å²) in [5.74, 6) is 1.31. The van der Waals surface area contributed by atoms with Crippen LogP contribution in [-0.4, -0.2) is 24.1 Å². The normalized spacial score (nSPS) is 14.7. The Morgan fingerprint density at radius 2 is 2.00 bits per heavy atom. The Kier molecular flexibility index (Phi) is 4.81. The summed E-state index contributed by atoms with van der Waals surface area (Å²) in [6, 6.07) is 7.34. The number of halogens is 1. The molecule has 0 saturated carbocycles. The van der Waals surface area contributed by atoms with Crippen molar-refractivity contribution in [1.29, 1.82) is 0 Å². The first-order chi connectivity index (χ1) is 11.1. The summed E-state index contributed by atoms with van der Waals surface area (Å²) in [5.41, 5.74) is 1.48. The highest BCUT2D eigenvalue weighted by atomic mass is 79.9. The lowest BCUT2D eigenvalue weighted by Crippen LogP contribution is -2.26. The van der Waals surface area contributed by atoms with E-state index in [1.807, 2.05) is 25.1 Å². The zero-order valence-electron chi connectivity index (χ0n) is 12.7. The second-order valence-electron chi connectivity index (χ2n) is 5.34. The van der Waals surface area contributed by atoms with E-state index in [2.05, 4.69) is 26.2 Å². The molecule has 1 aliphatic heterocycles. The van der Waals surface area contributed by atoms with Gasteiger partial charge in [-0.1, -0.05) is 6.07 Å². The third-order valence-electron chi connectivity index (χ3n) is 3.59. The molecule has 6 heteroatoms. The number of nitrogens with one attached hydrogen (secondary N) is 1. The minimum absolute atomic E-state index is 0.154. The standard InChI is InChI=1S/C17H17BrN2O3/c1-11(20-17(21)13-7-14(18)10-19-9-13)12-3-4-15-16(8-12)23-6-2-5-22-15/h3-4,7-11H,2,5-6H2,1H3,(H,20,21). The number of carbonyl (C=O) groups excluding carboxylic acids is 1. The van der Waals surface area contributed by atoms with Crippen LogP contribution in [0, 0.1) is 0 Å². The molecule has 1 aromatic carbocycles. The van der Waals surface area contributed by atoms with Crippen molar-refractivity contribution in [3.8, 4) is 11.5 Å². The molecule has 0 bridgehead atoms. The number of hydrogen-bond donors (Lipinski definition) is 1. The number of nitrogens with zero attached hydrogens (tertiary/aromatic N) is 1. The van der Waals surface area contributed by atoms with Crippen LogP contribution in [0.4, 0.5) is 0 Å². The number of ether oxygens (including phenoxy) is 2. The maximum atomic E-state index is 12.3. The van der Waals surface area contributed by atoms with E-state index in [4.69, 9.17) is 9.47 Å². The van der Waals surface area contributed by atoms with E-state index in [-0.39, 0.29) is 11.9 Å². The summed E-state index contributed by atoms with van der Waals surface area (Å²) in [6.07, 6.45) is 4.05. The minimum Gasteiger partial charge on any atom is -0.490 e. The van der Waals surface area contributed by atoms with Crippen LogP contribution < -0.4 is 14.8 Å². The van der Waals surface area contributed by atoms with Gasteiger partial charge in [-0.25, -0.2) is 0 Å². The van der Waals surface area contributed by atoms with Crippen molar-refractivity contribution < 1.29 is 14.3 Å². The Balaban J connectivity index is 1.74. The maximum Gasteiger partial charge on any atom is 0.253 e. The molecule has 23 heavy (non-hydrogen) atoms. The van der Waals surface area contributed by atoms with Gasteiger partial charge in [0.2, 0.25) is 0 Å². The molecular formula is C17H17BrN2O3. The van der Waals surface area contributed by atoms with Gasteiger partial charge in [-0.2, -0.15) is 0 Å². The van der Waals surface area contributed by atoms with Crippen LogP contribution in [-0.2, 0) is 0 Å². The molecule has 0 fully saturated rings. The molecule has 1 N–H and O–H groups in total. The van der Waals surface area contributed by atoms with Gasteiger partial charge in [0.15, 0.2) is 11.5 Å². The Bertz CT molecular complexity index is 721. The van der Waals surface area contributed by atoms with E-state index >= 15 is 0 Å². The Morgan fingerprint density at radius 1 is 1.22 bits per heavy atom. The molecular weight excluding hydrogens is 360 g/mol. The first-order valence-corrected chi connectivity index (χ1v) is 8.24. The smallest absolute Gasteiger partial charge is 0.253 e. The van der Waals surface area contributed by atoms with Crippen molar-refractivity contribution in [2.75, 3.05) is 13.2 Å². The molecule has 2 aromatic rings. The number of benzene rings is 1. The van der Waals surface area contributed by atoms with E-state index in [9.17, 15) is 4.79 Å². The van der Waals surface area contributed by atoms with Crippen LogP contribution in [0.1, 0.15) is 35.3 Å². The summed E-state index contributed by atoms with van der Waals surface area (Å²) in [7, 11) is 0. The number of rotatable bonds is 3. The fourth-order valence-corrected chi connectivity index (χ4v) is 2.71. The van der Waals surface area contributed by atoms with E-state index in [1.54, 1.807) is 18.5 Å². The molecule has 2 heterocycles. The van der Waals surface area contributed by atoms with Crippen LogP contribution in [0.3, 0.4) is 0 Å². The Morgan fingerprint density at radius 3 is 2.78 bits per heavy atom. The predicted molar refractivity (Wildman–Crippen MR) is 89.9 cm³/mol. The molecule has 1 amide bonds. The van der Waals surface area contributed by atoms with Gasteiger partial charge in [0.1, 0.15) is 0 Å². The second kappa shape index (κ2) is 7.00. The topological polar surface area (TPSA) is 60.5 Å². The fourth-order valence-electron chi connectivity index (χ4n) is 2.35. The van der Waals surface area contributed by atoms with E-state index < -0.39 is 0 Å². The monoisotopic (exact) mass is 376 g/mol. The molecule has 0 spiro atoms. The third-order valence-corrected chi connectivity index (χ3v) is 4.02. The maximum absolute atomic E-state index is 12.3. The van der Waals surface area contributed by atoms with Crippen molar-refractivity contribution in [2.45, 2.75) is 19.4 Å². The van der Waals surface area contributed by atoms with E-state index in [1.165, 1.54) is 0 Å². The number of amides is 1. The lowest BCUT2D eigenvalue weighted by atomic mass is 10.1. The lowest BCUT2D eigenvalue weighted by molar-refractivity contribution is 0.0939. The summed E-state index contributed by atoms with van der Waals surface area (Å²) in [4.78, 5) is 16.3. The van der Waals surface area contributed by atoms with Crippen LogP contribution in [0.5, 0.6) is 11.5 Å². The molecule has 1 unspecified atom stereocenters. The molecule has 1 aromatic heterocycles. The van der Waals surface area contributed by atoms with Crippen LogP contribution >= 0.6 is 15.9 Å². The van der Waals surface area contributed by atoms with Crippen molar-refractivity contribution in [1.82, 2.24) is 10.3 Å². The first kappa shape index (κ1) is 15.8. The van der Waals surface area contributed by atoms with Gasteiger partial charge in [0.05, 0.1) is 24.8 Å². The van der Waals surface area contributed by atoms with Crippen molar-refractivity contribution in [2.24, 2.45) is 0 Å². The summed E-state index contributed by atoms with van der Waals surface area (Å²) < 4.78 is 12.1. The van der Waals surface area contributed by atoms with Crippen LogP contribution in [0.25, 0.3) is 0 Å². The third kappa shape index (κ3) is 3.82. The SMILES string of the molecule is CC(NC(=O)c1cncc(Br)c1)c1ccc2c(c1)OCCCO2. The van der Waals surface area contributed by atoms with Gasteiger partial charge < -0.3 is 14.8 Å². The van der Waals surface area contributed by atoms with Gasteiger partial charge in [-0.3, -0.25) is 9.78 Å². The lowest BCUT2D eigenvalue weighted by Gasteiger charge is -2.16. The molecule has 1 aliphatic rings. The number of carbonyl (C=O) groups is 1. The van der Waals surface area contributed by atoms with Gasteiger partial charge in [-0.05, 0) is 46.6 Å². The second-order valence-corrected chi connectivity index (χ2v) is 6.26. The van der Waals surface area contributed by atoms with E-state index in [0.29, 0.717) is 18.8 Å². The van der Waals surface area contributed by atoms with Crippen molar-refractivity contribution in [3.63, 3.8) is 0 Å². The number of aromatic nitrogens is 1. The van der Waals surface area contributed by atoms with Gasteiger partial charge in [0, 0.05) is 23.3 Å². The molecule has 5 nitrogen and oxygen atoms in total. The fraction of sp³-hybridized carbons (Fsp3) is 0.294. The summed E-state index contributed by atoms with van der Waals surface area (Å²) >= 11 is 3.32. The molecule has 120 valence electrons. The zero-order chi connectivity index (χ0) is 16.2. The van der Waals surface area contributed by atoms with Crippen LogP contribution in [0.2, 0.25) is 0 Å². The summed E-state index contributed by atoms with van der Waals surface area (Å²) in [6.45, 7) is 3.23. The predicted octanol–water partition coefficient (Wildman–Crippen LogP) is 3.50. The highest BCUT2D eigenvalue weighted by Gasteiger charge is 2.16. The van der Waals surface area contributed by atoms with Crippen molar-refractivity contribution in [3.05, 3.63) is 52.3 Å². The van der Waals surface area contributed by atoms with Gasteiger partial charge in [-0.15, -0.1) is 0 Å².